The number of ether oxygens (including phenoxy) is 1. The van der Waals surface area contributed by atoms with Crippen LogP contribution in [0.3, 0.4) is 0 Å². The molecule has 2 aromatic heterocycles. The fraction of sp³-hybridized carbons (Fsp3) is 0.769. The van der Waals surface area contributed by atoms with Crippen LogP contribution in [0.5, 0.6) is 0 Å². The molecule has 0 aromatic carbocycles. The Bertz CT molecular complexity index is 1230. The number of rotatable bonds is 7. The number of nitrogens with zero attached hydrogens (tertiary/aromatic N) is 5. The van der Waals surface area contributed by atoms with Gasteiger partial charge in [-0.25, -0.2) is 9.98 Å². The molecule has 2 aliphatic rings. The van der Waals surface area contributed by atoms with E-state index in [0.717, 1.165) is 0 Å². The number of hydrogen-bond acceptors (Lipinski definition) is 8. The van der Waals surface area contributed by atoms with Crippen molar-refractivity contribution in [1.29, 1.82) is 0 Å². The largest absolute Gasteiger partial charge is 0.414 e. The van der Waals surface area contributed by atoms with E-state index in [1.165, 1.54) is 0 Å². The number of fused-ring (bicyclic) bond motifs is 2. The van der Waals surface area contributed by atoms with E-state index >= 15 is 0 Å². The molecule has 4 atom stereocenters. The summed E-state index contributed by atoms with van der Waals surface area (Å²) in [7, 11) is -1.74. The highest BCUT2D eigenvalue weighted by atomic mass is 28.5. The third kappa shape index (κ3) is 5.29. The Labute approximate surface area is 233 Å². The first-order valence-corrected chi connectivity index (χ1v) is 18.0. The maximum atomic E-state index is 12.8. The molecule has 13 heteroatoms. The van der Waals surface area contributed by atoms with Gasteiger partial charge in [-0.3, -0.25) is 14.3 Å². The van der Waals surface area contributed by atoms with Gasteiger partial charge in [0.1, 0.15) is 12.3 Å². The highest BCUT2D eigenvalue weighted by molar-refractivity contribution is 6.83. The van der Waals surface area contributed by atoms with E-state index in [1.807, 2.05) is 18.7 Å². The van der Waals surface area contributed by atoms with Crippen LogP contribution in [-0.4, -0.2) is 80.8 Å². The summed E-state index contributed by atoms with van der Waals surface area (Å²) < 4.78 is 30.0. The molecule has 11 nitrogen and oxygen atoms in total. The minimum Gasteiger partial charge on any atom is -0.414 e. The van der Waals surface area contributed by atoms with Gasteiger partial charge in [-0.1, -0.05) is 62.3 Å². The number of hydrogen-bond donors (Lipinski definition) is 1. The van der Waals surface area contributed by atoms with Gasteiger partial charge in [0.25, 0.3) is 5.56 Å². The van der Waals surface area contributed by atoms with Gasteiger partial charge < -0.3 is 22.6 Å². The average Bonchev–Trinajstić information content (AvgIpc) is 3.38. The molecule has 0 aliphatic carbocycles. The minimum absolute atomic E-state index is 0.0638. The summed E-state index contributed by atoms with van der Waals surface area (Å²) in [6.07, 6.45) is 2.26. The SMILES string of the molecule is CC(C)[Si]1(C(C)C)OC[C@H]2O[C@@H](n3cnc4c(=O)[nH]c(/N=C/N(C)C)nc43)[C@H](C)[C@@H]2O[Si](C(C)C)(C(C)C)O1. The van der Waals surface area contributed by atoms with Crippen molar-refractivity contribution in [3.63, 3.8) is 0 Å². The van der Waals surface area contributed by atoms with Crippen LogP contribution in [0.15, 0.2) is 16.1 Å². The quantitative estimate of drug-likeness (QED) is 0.282. The van der Waals surface area contributed by atoms with Gasteiger partial charge in [-0.05, 0) is 22.2 Å². The van der Waals surface area contributed by atoms with Crippen molar-refractivity contribution in [1.82, 2.24) is 24.4 Å². The first kappa shape index (κ1) is 30.1. The average molecular weight is 579 g/mol. The van der Waals surface area contributed by atoms with Gasteiger partial charge in [0.05, 0.1) is 25.4 Å². The molecule has 2 aromatic rings. The van der Waals surface area contributed by atoms with Gasteiger partial charge in [-0.15, -0.1) is 0 Å². The van der Waals surface area contributed by atoms with Crippen LogP contribution in [0.4, 0.5) is 5.95 Å². The van der Waals surface area contributed by atoms with E-state index in [1.54, 1.807) is 17.6 Å². The summed E-state index contributed by atoms with van der Waals surface area (Å²) in [4.78, 5) is 30.5. The molecule has 0 spiro atoms. The normalized spacial score (nSPS) is 27.2. The molecule has 2 saturated heterocycles. The molecule has 4 heterocycles. The van der Waals surface area contributed by atoms with Crippen LogP contribution < -0.4 is 5.56 Å². The molecule has 0 bridgehead atoms. The summed E-state index contributed by atoms with van der Waals surface area (Å²) in [5.74, 6) is 0.148. The number of aromatic amines is 1. The van der Waals surface area contributed by atoms with Crippen molar-refractivity contribution in [3.05, 3.63) is 16.7 Å². The lowest BCUT2D eigenvalue weighted by molar-refractivity contribution is -0.0549. The Morgan fingerprint density at radius 3 is 2.26 bits per heavy atom. The van der Waals surface area contributed by atoms with Crippen molar-refractivity contribution >= 4 is 40.6 Å². The van der Waals surface area contributed by atoms with E-state index in [4.69, 9.17) is 17.7 Å². The monoisotopic (exact) mass is 578 g/mol. The standard InChI is InChI=1S/C26H46N6O5Si2/c1-15(2)38(16(3)4)34-12-20-22(36-39(37-38,17(5)6)18(7)8)19(9)25(35-20)32-14-27-21-23(32)29-26(30-24(21)33)28-13-31(10)11/h13-20,22,25H,12H2,1-11H3,(H,29,30,33)/b28-13+/t19-,20-,22+,25-/m1/s1. The van der Waals surface area contributed by atoms with Gasteiger partial charge >= 0.3 is 17.1 Å². The van der Waals surface area contributed by atoms with Crippen molar-refractivity contribution < 1.29 is 17.7 Å². The first-order chi connectivity index (χ1) is 18.2. The summed E-state index contributed by atoms with van der Waals surface area (Å²) in [5.41, 5.74) is 1.29. The van der Waals surface area contributed by atoms with E-state index < -0.39 is 23.3 Å². The third-order valence-corrected chi connectivity index (χ3v) is 18.3. The smallest absolute Gasteiger partial charge is 0.335 e. The Kier molecular flexibility index (Phi) is 8.61. The lowest BCUT2D eigenvalue weighted by Gasteiger charge is -2.51. The molecule has 218 valence electrons. The van der Waals surface area contributed by atoms with Gasteiger partial charge in [0.2, 0.25) is 5.95 Å². The second-order valence-electron chi connectivity index (χ2n) is 12.4. The molecular formula is C26H46N6O5Si2. The summed E-state index contributed by atoms with van der Waals surface area (Å²) >= 11 is 0. The predicted octanol–water partition coefficient (Wildman–Crippen LogP) is 4.83. The van der Waals surface area contributed by atoms with Gasteiger partial charge in [0, 0.05) is 20.0 Å². The van der Waals surface area contributed by atoms with E-state index in [-0.39, 0.29) is 57.3 Å². The Morgan fingerprint density at radius 1 is 1.08 bits per heavy atom. The molecule has 0 amide bonds. The third-order valence-electron chi connectivity index (χ3n) is 8.09. The molecule has 1 N–H and O–H groups in total. The lowest BCUT2D eigenvalue weighted by Crippen LogP contribution is -2.65. The van der Waals surface area contributed by atoms with Crippen LogP contribution in [-0.2, 0) is 17.7 Å². The zero-order valence-corrected chi connectivity index (χ0v) is 27.3. The molecule has 0 unspecified atom stereocenters. The van der Waals surface area contributed by atoms with Gasteiger partial charge in [0.15, 0.2) is 11.2 Å². The minimum atomic E-state index is -2.78. The van der Waals surface area contributed by atoms with Crippen LogP contribution in [0.2, 0.25) is 22.2 Å². The summed E-state index contributed by atoms with van der Waals surface area (Å²) in [5, 5.41) is 0. The van der Waals surface area contributed by atoms with Crippen molar-refractivity contribution in [2.24, 2.45) is 10.9 Å². The topological polar surface area (TPSA) is 116 Å². The van der Waals surface area contributed by atoms with Crippen molar-refractivity contribution in [2.75, 3.05) is 20.7 Å². The number of aliphatic imine (C=N–C) groups is 1. The first-order valence-electron chi connectivity index (χ1n) is 14.1. The number of imidazole rings is 1. The van der Waals surface area contributed by atoms with Crippen LogP contribution in [0.25, 0.3) is 11.2 Å². The highest BCUT2D eigenvalue weighted by Gasteiger charge is 2.61. The predicted molar refractivity (Wildman–Crippen MR) is 157 cm³/mol. The number of nitrogens with one attached hydrogen (secondary N) is 1. The van der Waals surface area contributed by atoms with Crippen LogP contribution >= 0.6 is 0 Å². The molecule has 39 heavy (non-hydrogen) atoms. The maximum absolute atomic E-state index is 12.8. The van der Waals surface area contributed by atoms with Crippen molar-refractivity contribution in [3.8, 4) is 0 Å². The zero-order valence-electron chi connectivity index (χ0n) is 25.3. The second-order valence-corrected chi connectivity index (χ2v) is 21.2. The van der Waals surface area contributed by atoms with E-state index in [9.17, 15) is 4.79 Å². The molecule has 4 rings (SSSR count). The zero-order chi connectivity index (χ0) is 28.9. The summed E-state index contributed by atoms with van der Waals surface area (Å²) in [6, 6.07) is 0. The maximum Gasteiger partial charge on any atom is 0.335 e. The molecule has 2 aliphatic heterocycles. The van der Waals surface area contributed by atoms with Crippen LogP contribution in [0.1, 0.15) is 68.5 Å². The van der Waals surface area contributed by atoms with Crippen molar-refractivity contribution in [2.45, 2.75) is 103 Å². The fourth-order valence-corrected chi connectivity index (χ4v) is 17.3. The second kappa shape index (κ2) is 11.2. The number of aromatic nitrogens is 4. The fourth-order valence-electron chi connectivity index (χ4n) is 5.99. The lowest BCUT2D eigenvalue weighted by atomic mass is 10.0. The Balaban J connectivity index is 1.78. The van der Waals surface area contributed by atoms with E-state index in [0.29, 0.717) is 12.3 Å². The Hall–Kier alpha value is -1.91. The molecule has 2 fully saturated rings. The number of H-pyrrole nitrogens is 1. The van der Waals surface area contributed by atoms with Gasteiger partial charge in [-0.2, -0.15) is 4.98 Å². The Morgan fingerprint density at radius 2 is 1.69 bits per heavy atom. The molecule has 0 radical (unpaired) electrons. The molecule has 0 saturated carbocycles. The van der Waals surface area contributed by atoms with Crippen LogP contribution in [0, 0.1) is 5.92 Å². The molecular weight excluding hydrogens is 532 g/mol. The van der Waals surface area contributed by atoms with E-state index in [2.05, 4.69) is 82.3 Å². The highest BCUT2D eigenvalue weighted by Crippen LogP contribution is 2.49. The summed E-state index contributed by atoms with van der Waals surface area (Å²) in [6.45, 7) is 20.2.